The summed E-state index contributed by atoms with van der Waals surface area (Å²) in [7, 11) is 0. The lowest BCUT2D eigenvalue weighted by Crippen LogP contribution is -2.51. The van der Waals surface area contributed by atoms with Gasteiger partial charge in [0.1, 0.15) is 0 Å². The lowest BCUT2D eigenvalue weighted by Gasteiger charge is -2.35. The van der Waals surface area contributed by atoms with Gasteiger partial charge in [-0.05, 0) is 26.0 Å². The molecule has 0 unspecified atom stereocenters. The van der Waals surface area contributed by atoms with Gasteiger partial charge >= 0.3 is 5.76 Å². The van der Waals surface area contributed by atoms with Crippen LogP contribution in [0.4, 0.5) is 0 Å². The van der Waals surface area contributed by atoms with E-state index in [0.717, 1.165) is 0 Å². The van der Waals surface area contributed by atoms with Gasteiger partial charge in [-0.25, -0.2) is 4.79 Å². The maximum Gasteiger partial charge on any atom is 0.419 e. The molecule has 9 heteroatoms. The van der Waals surface area contributed by atoms with Crippen LogP contribution in [0.3, 0.4) is 0 Å². The van der Waals surface area contributed by atoms with E-state index in [1.54, 1.807) is 23.1 Å². The number of aryl methyl sites for hydroxylation is 1. The second-order valence-electron chi connectivity index (χ2n) is 7.10. The van der Waals surface area contributed by atoms with Crippen LogP contribution in [0, 0.1) is 0 Å². The Hall–Kier alpha value is -2.32. The minimum atomic E-state index is -0.491. The van der Waals surface area contributed by atoms with Crippen molar-refractivity contribution in [3.8, 4) is 0 Å². The number of hydrogen-bond donors (Lipinski definition) is 0. The topological polar surface area (TPSA) is 79.0 Å². The van der Waals surface area contributed by atoms with Crippen LogP contribution >= 0.6 is 11.6 Å². The molecule has 0 radical (unpaired) electrons. The van der Waals surface area contributed by atoms with E-state index < -0.39 is 5.76 Å². The molecule has 0 spiro atoms. The van der Waals surface area contributed by atoms with Crippen LogP contribution in [0.5, 0.6) is 0 Å². The van der Waals surface area contributed by atoms with Crippen molar-refractivity contribution in [1.82, 2.24) is 19.3 Å². The molecule has 0 saturated carbocycles. The van der Waals surface area contributed by atoms with Crippen molar-refractivity contribution in [3.05, 3.63) is 33.8 Å². The quantitative estimate of drug-likeness (QED) is 0.678. The molecule has 3 rings (SSSR count). The number of nitrogens with zero attached hydrogens (tertiary/aromatic N) is 4. The molecule has 1 fully saturated rings. The number of likely N-dealkylation sites (N-methyl/N-ethyl adjacent to an activating group) is 1. The molecule has 8 nitrogen and oxygen atoms in total. The van der Waals surface area contributed by atoms with E-state index in [4.69, 9.17) is 16.0 Å². The number of carbonyl (C=O) groups excluding carboxylic acids is 2. The number of halogens is 1. The molecule has 1 aromatic carbocycles. The Labute approximate surface area is 174 Å². The van der Waals surface area contributed by atoms with Crippen LogP contribution in [-0.2, 0) is 16.1 Å². The Morgan fingerprint density at radius 2 is 1.83 bits per heavy atom. The summed E-state index contributed by atoms with van der Waals surface area (Å²) >= 11 is 5.93. The molecule has 1 aliphatic heterocycles. The van der Waals surface area contributed by atoms with Gasteiger partial charge in [-0.15, -0.1) is 0 Å². The highest BCUT2D eigenvalue weighted by Crippen LogP contribution is 2.18. The molecule has 2 amide bonds. The number of piperazine rings is 1. The first-order chi connectivity index (χ1) is 13.9. The van der Waals surface area contributed by atoms with Crippen LogP contribution in [0.15, 0.2) is 27.4 Å². The van der Waals surface area contributed by atoms with Gasteiger partial charge < -0.3 is 14.2 Å². The number of amides is 2. The molecule has 29 heavy (non-hydrogen) atoms. The van der Waals surface area contributed by atoms with Gasteiger partial charge in [0.2, 0.25) is 11.8 Å². The summed E-state index contributed by atoms with van der Waals surface area (Å²) in [4.78, 5) is 42.6. The number of benzene rings is 1. The normalized spacial score (nSPS) is 15.1. The Morgan fingerprint density at radius 1 is 1.14 bits per heavy atom. The lowest BCUT2D eigenvalue weighted by atomic mass is 10.2. The summed E-state index contributed by atoms with van der Waals surface area (Å²) in [5.74, 6) is -0.370. The molecule has 0 aliphatic carbocycles. The van der Waals surface area contributed by atoms with E-state index in [9.17, 15) is 14.4 Å². The van der Waals surface area contributed by atoms with E-state index in [1.165, 1.54) is 4.57 Å². The largest absolute Gasteiger partial charge is 0.419 e. The molecule has 0 atom stereocenters. The Kier molecular flexibility index (Phi) is 6.97. The summed E-state index contributed by atoms with van der Waals surface area (Å²) in [5, 5.41) is 0.492. The maximum absolute atomic E-state index is 12.6. The van der Waals surface area contributed by atoms with Gasteiger partial charge in [0.15, 0.2) is 5.58 Å². The van der Waals surface area contributed by atoms with E-state index in [0.29, 0.717) is 61.9 Å². The predicted octanol–water partition coefficient (Wildman–Crippen LogP) is 1.65. The maximum atomic E-state index is 12.6. The molecule has 1 saturated heterocycles. The van der Waals surface area contributed by atoms with Crippen LogP contribution in [0.1, 0.15) is 20.3 Å². The number of carbonyl (C=O) groups is 2. The van der Waals surface area contributed by atoms with E-state index in [2.05, 4.69) is 4.90 Å². The third kappa shape index (κ3) is 5.00. The summed E-state index contributed by atoms with van der Waals surface area (Å²) in [6.45, 7) is 8.53. The molecule has 2 aromatic rings. The Balaban J connectivity index is 1.51. The van der Waals surface area contributed by atoms with Crippen molar-refractivity contribution < 1.29 is 14.0 Å². The molecule has 1 aliphatic rings. The monoisotopic (exact) mass is 422 g/mol. The summed E-state index contributed by atoms with van der Waals surface area (Å²) < 4.78 is 6.66. The molecular formula is C20H27ClN4O4. The van der Waals surface area contributed by atoms with Crippen LogP contribution < -0.4 is 5.76 Å². The highest BCUT2D eigenvalue weighted by atomic mass is 35.5. The predicted molar refractivity (Wildman–Crippen MR) is 111 cm³/mol. The molecule has 0 bridgehead atoms. The summed E-state index contributed by atoms with van der Waals surface area (Å²) in [6.07, 6.45) is 0.218. The van der Waals surface area contributed by atoms with Gasteiger partial charge in [0.05, 0.1) is 12.1 Å². The molecular weight excluding hydrogens is 396 g/mol. The number of rotatable bonds is 7. The molecule has 1 aromatic heterocycles. The Bertz CT molecular complexity index is 926. The third-order valence-electron chi connectivity index (χ3n) is 5.38. The highest BCUT2D eigenvalue weighted by molar-refractivity contribution is 6.31. The van der Waals surface area contributed by atoms with Crippen LogP contribution in [-0.4, -0.2) is 76.9 Å². The average Bonchev–Trinajstić information content (AvgIpc) is 3.01. The fourth-order valence-electron chi connectivity index (χ4n) is 3.64. The third-order valence-corrected chi connectivity index (χ3v) is 5.61. The first-order valence-corrected chi connectivity index (χ1v) is 10.4. The van der Waals surface area contributed by atoms with Gasteiger partial charge in [0.25, 0.3) is 0 Å². The second-order valence-corrected chi connectivity index (χ2v) is 7.54. The number of aromatic nitrogens is 1. The smallest absolute Gasteiger partial charge is 0.408 e. The van der Waals surface area contributed by atoms with E-state index >= 15 is 0 Å². The first-order valence-electron chi connectivity index (χ1n) is 9.99. The number of fused-ring (bicyclic) bond motifs is 1. The van der Waals surface area contributed by atoms with Crippen molar-refractivity contribution in [3.63, 3.8) is 0 Å². The van der Waals surface area contributed by atoms with Gasteiger partial charge in [-0.1, -0.05) is 11.6 Å². The molecule has 0 N–H and O–H groups in total. The van der Waals surface area contributed by atoms with Gasteiger partial charge in [-0.2, -0.15) is 0 Å². The fraction of sp³-hybridized carbons (Fsp3) is 0.550. The average molecular weight is 423 g/mol. The fourth-order valence-corrected chi connectivity index (χ4v) is 3.80. The van der Waals surface area contributed by atoms with Gasteiger partial charge in [0, 0.05) is 63.3 Å². The summed E-state index contributed by atoms with van der Waals surface area (Å²) in [6, 6.07) is 5.00. The van der Waals surface area contributed by atoms with Crippen LogP contribution in [0.2, 0.25) is 5.02 Å². The van der Waals surface area contributed by atoms with E-state index in [-0.39, 0.29) is 24.8 Å². The zero-order valence-corrected chi connectivity index (χ0v) is 17.7. The number of oxazole rings is 1. The van der Waals surface area contributed by atoms with Crippen molar-refractivity contribution in [2.45, 2.75) is 26.8 Å². The van der Waals surface area contributed by atoms with Crippen molar-refractivity contribution in [1.29, 1.82) is 0 Å². The zero-order chi connectivity index (χ0) is 21.0. The number of hydrogen-bond acceptors (Lipinski definition) is 5. The molecule has 158 valence electrons. The molecule has 2 heterocycles. The van der Waals surface area contributed by atoms with E-state index in [1.807, 2.05) is 18.7 Å². The SMILES string of the molecule is CCN(CC)C(=O)CN1CCN(C(=O)CCn2c(=O)oc3cc(Cl)ccc32)CC1. The standard InChI is InChI=1S/C20H27ClN4O4/c1-3-23(4-2)19(27)14-22-9-11-24(12-10-22)18(26)7-8-25-16-6-5-15(21)13-17(16)29-20(25)28/h5-6,13H,3-4,7-12,14H2,1-2H3. The lowest BCUT2D eigenvalue weighted by molar-refractivity contribution is -0.135. The minimum absolute atomic E-state index is 0.00469. The van der Waals surface area contributed by atoms with Crippen molar-refractivity contribution in [2.75, 3.05) is 45.8 Å². The van der Waals surface area contributed by atoms with Crippen LogP contribution in [0.25, 0.3) is 11.1 Å². The van der Waals surface area contributed by atoms with Crippen molar-refractivity contribution >= 4 is 34.5 Å². The zero-order valence-electron chi connectivity index (χ0n) is 16.9. The highest BCUT2D eigenvalue weighted by Gasteiger charge is 2.23. The minimum Gasteiger partial charge on any atom is -0.408 e. The first kappa shape index (κ1) is 21.4. The Morgan fingerprint density at radius 3 is 2.48 bits per heavy atom. The summed E-state index contributed by atoms with van der Waals surface area (Å²) in [5.41, 5.74) is 1.05. The van der Waals surface area contributed by atoms with Crippen molar-refractivity contribution in [2.24, 2.45) is 0 Å². The second kappa shape index (κ2) is 9.45. The van der Waals surface area contributed by atoms with Gasteiger partial charge in [-0.3, -0.25) is 19.1 Å².